The van der Waals surface area contributed by atoms with Crippen LogP contribution >= 0.6 is 22.9 Å². The number of nitrogens with two attached hydrogens (primary N) is 1. The molecule has 3 rings (SSSR count). The maximum Gasteiger partial charge on any atom is 0.232 e. The molecule has 0 unspecified atom stereocenters. The number of anilines is 1. The van der Waals surface area contributed by atoms with Crippen molar-refractivity contribution >= 4 is 39.1 Å². The molecule has 4 nitrogen and oxygen atoms in total. The van der Waals surface area contributed by atoms with E-state index < -0.39 is 5.82 Å². The molecule has 0 saturated heterocycles. The summed E-state index contributed by atoms with van der Waals surface area (Å²) >= 11 is 7.13. The van der Waals surface area contributed by atoms with E-state index in [1.54, 1.807) is 0 Å². The van der Waals surface area contributed by atoms with Gasteiger partial charge in [0.2, 0.25) is 11.8 Å². The predicted octanol–water partition coefficient (Wildman–Crippen LogP) is 3.86. The van der Waals surface area contributed by atoms with Crippen LogP contribution in [0, 0.1) is 5.82 Å². The van der Waals surface area contributed by atoms with E-state index in [2.05, 4.69) is 9.97 Å². The van der Waals surface area contributed by atoms with Crippen LogP contribution in [0.1, 0.15) is 0 Å². The highest BCUT2D eigenvalue weighted by Crippen LogP contribution is 2.32. The number of ether oxygens (including phenoxy) is 1. The Morgan fingerprint density at radius 3 is 2.89 bits per heavy atom. The largest absolute Gasteiger partial charge is 0.438 e. The quantitative estimate of drug-likeness (QED) is 0.780. The van der Waals surface area contributed by atoms with E-state index in [0.717, 1.165) is 10.2 Å². The van der Waals surface area contributed by atoms with Crippen molar-refractivity contribution in [2.24, 2.45) is 0 Å². The molecule has 0 spiro atoms. The first-order valence-electron chi connectivity index (χ1n) is 5.27. The first-order valence-corrected chi connectivity index (χ1v) is 6.53. The van der Waals surface area contributed by atoms with Crippen molar-refractivity contribution in [2.45, 2.75) is 0 Å². The normalized spacial score (nSPS) is 10.8. The minimum atomic E-state index is -0.503. The van der Waals surface area contributed by atoms with Gasteiger partial charge in [-0.3, -0.25) is 0 Å². The van der Waals surface area contributed by atoms with E-state index in [-0.39, 0.29) is 11.0 Å². The Morgan fingerprint density at radius 1 is 1.26 bits per heavy atom. The summed E-state index contributed by atoms with van der Waals surface area (Å²) in [6.07, 6.45) is 0. The molecule has 0 aliphatic carbocycles. The molecule has 2 N–H and O–H groups in total. The third kappa shape index (κ3) is 2.32. The zero-order valence-electron chi connectivity index (χ0n) is 9.43. The van der Waals surface area contributed by atoms with Crippen LogP contribution in [0.25, 0.3) is 10.2 Å². The van der Waals surface area contributed by atoms with Crippen LogP contribution in [0.5, 0.6) is 11.6 Å². The Labute approximate surface area is 116 Å². The highest BCUT2D eigenvalue weighted by Gasteiger charge is 2.10. The van der Waals surface area contributed by atoms with Gasteiger partial charge in [-0.05, 0) is 23.6 Å². The zero-order chi connectivity index (χ0) is 13.4. The number of hydrogen-bond acceptors (Lipinski definition) is 5. The Balaban J connectivity index is 2.04. The minimum absolute atomic E-state index is 0.0129. The van der Waals surface area contributed by atoms with Gasteiger partial charge in [-0.15, -0.1) is 11.3 Å². The van der Waals surface area contributed by atoms with Gasteiger partial charge < -0.3 is 10.5 Å². The van der Waals surface area contributed by atoms with Crippen molar-refractivity contribution in [1.82, 2.24) is 9.97 Å². The first kappa shape index (κ1) is 12.1. The number of benzene rings is 1. The van der Waals surface area contributed by atoms with E-state index >= 15 is 0 Å². The number of fused-ring (bicyclic) bond motifs is 1. The smallest absolute Gasteiger partial charge is 0.232 e. The molecule has 0 aliphatic heterocycles. The van der Waals surface area contributed by atoms with Gasteiger partial charge in [-0.2, -0.15) is 4.98 Å². The summed E-state index contributed by atoms with van der Waals surface area (Å²) in [6.45, 7) is 0. The fourth-order valence-electron chi connectivity index (χ4n) is 1.57. The standard InChI is InChI=1S/C12H7ClFN3OS/c13-8-5-6(1-2-9(8)14)18-10-7-3-4-19-11(7)17-12(15)16-10/h1-5H,(H2,15,16,17). The van der Waals surface area contributed by atoms with E-state index in [0.29, 0.717) is 11.6 Å². The summed E-state index contributed by atoms with van der Waals surface area (Å²) in [5.74, 6) is 0.332. The Kier molecular flexibility index (Phi) is 2.96. The maximum absolute atomic E-state index is 13.1. The first-order chi connectivity index (χ1) is 9.13. The number of aromatic nitrogens is 2. The van der Waals surface area contributed by atoms with Gasteiger partial charge in [0.25, 0.3) is 0 Å². The van der Waals surface area contributed by atoms with Crippen molar-refractivity contribution in [1.29, 1.82) is 0 Å². The molecule has 0 atom stereocenters. The third-order valence-corrected chi connectivity index (χ3v) is 3.51. The number of halogens is 2. The lowest BCUT2D eigenvalue weighted by atomic mass is 10.3. The van der Waals surface area contributed by atoms with Crippen LogP contribution in [-0.2, 0) is 0 Å². The minimum Gasteiger partial charge on any atom is -0.438 e. The second kappa shape index (κ2) is 4.64. The van der Waals surface area contributed by atoms with Crippen LogP contribution in [0.3, 0.4) is 0 Å². The Bertz CT molecular complexity index is 762. The highest BCUT2D eigenvalue weighted by atomic mass is 35.5. The van der Waals surface area contributed by atoms with E-state index in [4.69, 9.17) is 22.1 Å². The van der Waals surface area contributed by atoms with E-state index in [1.165, 1.54) is 29.5 Å². The average molecular weight is 296 g/mol. The molecule has 1 aromatic carbocycles. The summed E-state index contributed by atoms with van der Waals surface area (Å²) < 4.78 is 18.7. The van der Waals surface area contributed by atoms with Crippen LogP contribution in [-0.4, -0.2) is 9.97 Å². The lowest BCUT2D eigenvalue weighted by Gasteiger charge is -2.07. The van der Waals surface area contributed by atoms with Gasteiger partial charge in [0.1, 0.15) is 16.4 Å². The molecule has 0 saturated carbocycles. The summed E-state index contributed by atoms with van der Waals surface area (Å²) in [6, 6.07) is 5.91. The van der Waals surface area contributed by atoms with Gasteiger partial charge in [0, 0.05) is 6.07 Å². The molecule has 2 heterocycles. The van der Waals surface area contributed by atoms with Crippen molar-refractivity contribution in [3.63, 3.8) is 0 Å². The molecule has 2 aromatic heterocycles. The van der Waals surface area contributed by atoms with Crippen LogP contribution in [0.2, 0.25) is 5.02 Å². The van der Waals surface area contributed by atoms with Crippen molar-refractivity contribution in [3.05, 3.63) is 40.5 Å². The molecule has 0 radical (unpaired) electrons. The average Bonchev–Trinajstić information content (AvgIpc) is 2.82. The number of thiophene rings is 1. The predicted molar refractivity (Wildman–Crippen MR) is 73.3 cm³/mol. The number of hydrogen-bond donors (Lipinski definition) is 1. The summed E-state index contributed by atoms with van der Waals surface area (Å²) in [4.78, 5) is 8.86. The zero-order valence-corrected chi connectivity index (χ0v) is 11.0. The molecule has 96 valence electrons. The monoisotopic (exact) mass is 295 g/mol. The van der Waals surface area contributed by atoms with Crippen LogP contribution < -0.4 is 10.5 Å². The lowest BCUT2D eigenvalue weighted by Crippen LogP contribution is -1.97. The summed E-state index contributed by atoms with van der Waals surface area (Å²) in [5, 5.41) is 2.60. The van der Waals surface area contributed by atoms with Gasteiger partial charge in [-0.1, -0.05) is 11.6 Å². The fourth-order valence-corrected chi connectivity index (χ4v) is 2.51. The second-order valence-electron chi connectivity index (χ2n) is 3.70. The molecule has 19 heavy (non-hydrogen) atoms. The van der Waals surface area contributed by atoms with E-state index in [1.807, 2.05) is 11.4 Å². The van der Waals surface area contributed by atoms with Crippen LogP contribution in [0.4, 0.5) is 10.3 Å². The SMILES string of the molecule is Nc1nc(Oc2ccc(F)c(Cl)c2)c2ccsc2n1. The highest BCUT2D eigenvalue weighted by molar-refractivity contribution is 7.16. The van der Waals surface area contributed by atoms with Gasteiger partial charge in [0.05, 0.1) is 10.4 Å². The second-order valence-corrected chi connectivity index (χ2v) is 5.01. The molecular formula is C12H7ClFN3OS. The van der Waals surface area contributed by atoms with Gasteiger partial charge >= 0.3 is 0 Å². The van der Waals surface area contributed by atoms with Crippen LogP contribution in [0.15, 0.2) is 29.6 Å². The Hall–Kier alpha value is -1.92. The molecule has 7 heteroatoms. The molecule has 0 amide bonds. The summed E-state index contributed by atoms with van der Waals surface area (Å²) in [7, 11) is 0. The fraction of sp³-hybridized carbons (Fsp3) is 0. The summed E-state index contributed by atoms with van der Waals surface area (Å²) in [5.41, 5.74) is 5.61. The lowest BCUT2D eigenvalue weighted by molar-refractivity contribution is 0.467. The number of rotatable bonds is 2. The molecule has 0 aliphatic rings. The maximum atomic E-state index is 13.1. The molecule has 0 fully saturated rings. The molecule has 3 aromatic rings. The van der Waals surface area contributed by atoms with Gasteiger partial charge in [-0.25, -0.2) is 9.37 Å². The van der Waals surface area contributed by atoms with Crippen molar-refractivity contribution < 1.29 is 9.13 Å². The van der Waals surface area contributed by atoms with Crippen molar-refractivity contribution in [2.75, 3.05) is 5.73 Å². The van der Waals surface area contributed by atoms with Gasteiger partial charge in [0.15, 0.2) is 0 Å². The van der Waals surface area contributed by atoms with Crippen molar-refractivity contribution in [3.8, 4) is 11.6 Å². The molecular weight excluding hydrogens is 289 g/mol. The van der Waals surface area contributed by atoms with E-state index in [9.17, 15) is 4.39 Å². The molecule has 0 bridgehead atoms. The Morgan fingerprint density at radius 2 is 2.11 bits per heavy atom. The third-order valence-electron chi connectivity index (χ3n) is 2.41. The number of nitrogen functional groups attached to an aromatic ring is 1. The number of nitrogens with zero attached hydrogens (tertiary/aromatic N) is 2. The topological polar surface area (TPSA) is 61.0 Å².